The van der Waals surface area contributed by atoms with Crippen molar-refractivity contribution < 1.29 is 22.7 Å². The summed E-state index contributed by atoms with van der Waals surface area (Å²) < 4.78 is 43.5. The van der Waals surface area contributed by atoms with E-state index in [2.05, 4.69) is 5.32 Å². The second-order valence-corrected chi connectivity index (χ2v) is 5.91. The van der Waals surface area contributed by atoms with E-state index in [0.29, 0.717) is 11.3 Å². The molecule has 1 atom stereocenters. The van der Waals surface area contributed by atoms with Gasteiger partial charge in [-0.05, 0) is 31.5 Å². The van der Waals surface area contributed by atoms with Crippen molar-refractivity contribution in [1.82, 2.24) is 5.32 Å². The van der Waals surface area contributed by atoms with Crippen molar-refractivity contribution in [3.63, 3.8) is 0 Å². The molecule has 0 spiro atoms. The number of nitrogens with one attached hydrogen (secondary N) is 1. The minimum absolute atomic E-state index is 0.123. The van der Waals surface area contributed by atoms with E-state index in [4.69, 9.17) is 4.74 Å². The Kier molecular flexibility index (Phi) is 5.72. The average molecular weight is 351 g/mol. The number of amides is 1. The minimum Gasteiger partial charge on any atom is -0.496 e. The van der Waals surface area contributed by atoms with E-state index in [1.807, 2.05) is 25.1 Å². The van der Waals surface area contributed by atoms with Gasteiger partial charge in [0.05, 0.1) is 25.1 Å². The van der Waals surface area contributed by atoms with E-state index >= 15 is 0 Å². The predicted molar refractivity (Wildman–Crippen MR) is 89.4 cm³/mol. The molecule has 0 saturated carbocycles. The molecule has 2 rings (SSSR count). The van der Waals surface area contributed by atoms with Crippen molar-refractivity contribution in [3.8, 4) is 5.75 Å². The minimum atomic E-state index is -4.42. The molecule has 0 bridgehead atoms. The van der Waals surface area contributed by atoms with Gasteiger partial charge in [0.2, 0.25) is 5.91 Å². The quantitative estimate of drug-likeness (QED) is 0.865. The molecule has 0 aromatic heterocycles. The Morgan fingerprint density at radius 3 is 2.56 bits per heavy atom. The van der Waals surface area contributed by atoms with Gasteiger partial charge in [-0.15, -0.1) is 0 Å². The van der Waals surface area contributed by atoms with Gasteiger partial charge in [0.25, 0.3) is 0 Å². The van der Waals surface area contributed by atoms with Gasteiger partial charge in [0.15, 0.2) is 0 Å². The van der Waals surface area contributed by atoms with Gasteiger partial charge in [-0.1, -0.05) is 35.9 Å². The van der Waals surface area contributed by atoms with Crippen LogP contribution in [-0.2, 0) is 17.4 Å². The van der Waals surface area contributed by atoms with Crippen molar-refractivity contribution in [2.45, 2.75) is 32.5 Å². The van der Waals surface area contributed by atoms with Gasteiger partial charge in [0, 0.05) is 5.56 Å². The molecular formula is C19H20F3NO2. The zero-order valence-electron chi connectivity index (χ0n) is 14.3. The standard InChI is InChI=1S/C19H20F3NO2/c1-12-7-8-17(25-3)16(9-12)13(2)23-18(24)11-14-5-4-6-15(10-14)19(20,21)22/h4-10,13H,11H2,1-3H3,(H,23,24)/t13-/m0/s1. The molecular weight excluding hydrogens is 331 g/mol. The molecule has 3 nitrogen and oxygen atoms in total. The van der Waals surface area contributed by atoms with Crippen molar-refractivity contribution in [3.05, 3.63) is 64.7 Å². The molecule has 0 radical (unpaired) electrons. The topological polar surface area (TPSA) is 38.3 Å². The third-order valence-electron chi connectivity index (χ3n) is 3.85. The van der Waals surface area contributed by atoms with Gasteiger partial charge in [-0.25, -0.2) is 0 Å². The number of alkyl halides is 3. The first kappa shape index (κ1) is 18.8. The van der Waals surface area contributed by atoms with Crippen LogP contribution >= 0.6 is 0 Å². The number of ether oxygens (including phenoxy) is 1. The van der Waals surface area contributed by atoms with Gasteiger partial charge in [-0.3, -0.25) is 4.79 Å². The summed E-state index contributed by atoms with van der Waals surface area (Å²) >= 11 is 0. The number of hydrogen-bond acceptors (Lipinski definition) is 2. The molecule has 6 heteroatoms. The normalized spacial score (nSPS) is 12.6. The number of methoxy groups -OCH3 is 1. The van der Waals surface area contributed by atoms with Crippen LogP contribution < -0.4 is 10.1 Å². The van der Waals surface area contributed by atoms with E-state index in [0.717, 1.165) is 23.3 Å². The lowest BCUT2D eigenvalue weighted by atomic mass is 10.0. The first-order valence-electron chi connectivity index (χ1n) is 7.80. The molecule has 134 valence electrons. The van der Waals surface area contributed by atoms with Crippen LogP contribution in [0, 0.1) is 6.92 Å². The number of carbonyl (C=O) groups is 1. The number of hydrogen-bond donors (Lipinski definition) is 1. The third-order valence-corrected chi connectivity index (χ3v) is 3.85. The summed E-state index contributed by atoms with van der Waals surface area (Å²) in [6, 6.07) is 10.1. The second-order valence-electron chi connectivity index (χ2n) is 5.91. The number of carbonyl (C=O) groups excluding carboxylic acids is 1. The summed E-state index contributed by atoms with van der Waals surface area (Å²) in [5.74, 6) is 0.299. The lowest BCUT2D eigenvalue weighted by Crippen LogP contribution is -2.28. The Balaban J connectivity index is 2.09. The Morgan fingerprint density at radius 2 is 1.92 bits per heavy atom. The fraction of sp³-hybridized carbons (Fsp3) is 0.316. The van der Waals surface area contributed by atoms with Crippen LogP contribution in [0.5, 0.6) is 5.75 Å². The summed E-state index contributed by atoms with van der Waals surface area (Å²) in [6.07, 6.45) is -4.54. The SMILES string of the molecule is COc1ccc(C)cc1[C@H](C)NC(=O)Cc1cccc(C(F)(F)F)c1. The molecule has 0 heterocycles. The second kappa shape index (κ2) is 7.59. The molecule has 25 heavy (non-hydrogen) atoms. The highest BCUT2D eigenvalue weighted by atomic mass is 19.4. The smallest absolute Gasteiger partial charge is 0.416 e. The van der Waals surface area contributed by atoms with Crippen LogP contribution in [0.15, 0.2) is 42.5 Å². The monoisotopic (exact) mass is 351 g/mol. The Morgan fingerprint density at radius 1 is 1.20 bits per heavy atom. The molecule has 2 aromatic carbocycles. The van der Waals surface area contributed by atoms with Crippen LogP contribution in [0.3, 0.4) is 0 Å². The Bertz CT molecular complexity index is 757. The van der Waals surface area contributed by atoms with Crippen molar-refractivity contribution >= 4 is 5.91 Å². The largest absolute Gasteiger partial charge is 0.496 e. The van der Waals surface area contributed by atoms with E-state index in [1.54, 1.807) is 14.0 Å². The maximum Gasteiger partial charge on any atom is 0.416 e. The number of rotatable bonds is 5. The molecule has 1 N–H and O–H groups in total. The summed E-state index contributed by atoms with van der Waals surface area (Å²) in [7, 11) is 1.55. The molecule has 0 aliphatic heterocycles. The van der Waals surface area contributed by atoms with Gasteiger partial charge >= 0.3 is 6.18 Å². The maximum absolute atomic E-state index is 12.7. The van der Waals surface area contributed by atoms with Crippen LogP contribution in [-0.4, -0.2) is 13.0 Å². The summed E-state index contributed by atoms with van der Waals surface area (Å²) in [5.41, 5.74) is 1.40. The van der Waals surface area contributed by atoms with Crippen molar-refractivity contribution in [1.29, 1.82) is 0 Å². The summed E-state index contributed by atoms with van der Waals surface area (Å²) in [4.78, 5) is 12.2. The summed E-state index contributed by atoms with van der Waals surface area (Å²) in [5, 5.41) is 2.80. The van der Waals surface area contributed by atoms with Crippen LogP contribution in [0.1, 0.15) is 35.2 Å². The van der Waals surface area contributed by atoms with Gasteiger partial charge < -0.3 is 10.1 Å². The van der Waals surface area contributed by atoms with E-state index in [1.165, 1.54) is 12.1 Å². The Labute approximate surface area is 144 Å². The lowest BCUT2D eigenvalue weighted by molar-refractivity contribution is -0.137. The highest BCUT2D eigenvalue weighted by molar-refractivity contribution is 5.79. The highest BCUT2D eigenvalue weighted by Crippen LogP contribution is 2.30. The fourth-order valence-electron chi connectivity index (χ4n) is 2.61. The summed E-state index contributed by atoms with van der Waals surface area (Å²) in [6.45, 7) is 3.74. The first-order valence-corrected chi connectivity index (χ1v) is 7.80. The molecule has 0 unspecified atom stereocenters. The lowest BCUT2D eigenvalue weighted by Gasteiger charge is -2.18. The molecule has 0 aliphatic rings. The average Bonchev–Trinajstić information content (AvgIpc) is 2.54. The zero-order valence-corrected chi connectivity index (χ0v) is 14.3. The zero-order chi connectivity index (χ0) is 18.6. The van der Waals surface area contributed by atoms with Crippen molar-refractivity contribution in [2.24, 2.45) is 0 Å². The van der Waals surface area contributed by atoms with Crippen molar-refractivity contribution in [2.75, 3.05) is 7.11 Å². The molecule has 1 amide bonds. The van der Waals surface area contributed by atoms with Gasteiger partial charge in [0.1, 0.15) is 5.75 Å². The van der Waals surface area contributed by atoms with E-state index in [-0.39, 0.29) is 18.4 Å². The van der Waals surface area contributed by atoms with E-state index in [9.17, 15) is 18.0 Å². The molecule has 0 fully saturated rings. The molecule has 2 aromatic rings. The van der Waals surface area contributed by atoms with E-state index < -0.39 is 11.7 Å². The predicted octanol–water partition coefficient (Wildman–Crippen LogP) is 4.44. The van der Waals surface area contributed by atoms with Crippen LogP contribution in [0.4, 0.5) is 13.2 Å². The van der Waals surface area contributed by atoms with Gasteiger partial charge in [-0.2, -0.15) is 13.2 Å². The Hall–Kier alpha value is -2.50. The fourth-order valence-corrected chi connectivity index (χ4v) is 2.61. The number of benzene rings is 2. The van der Waals surface area contributed by atoms with Crippen LogP contribution in [0.25, 0.3) is 0 Å². The number of aryl methyl sites for hydroxylation is 1. The van der Waals surface area contributed by atoms with Crippen LogP contribution in [0.2, 0.25) is 0 Å². The first-order chi connectivity index (χ1) is 11.7. The number of halogens is 3. The molecule has 0 aliphatic carbocycles. The molecule has 0 saturated heterocycles. The third kappa shape index (κ3) is 4.98. The highest BCUT2D eigenvalue weighted by Gasteiger charge is 2.30. The maximum atomic E-state index is 12.7.